The molecular formula is C12H15ClN2O. The molecule has 0 amide bonds. The summed E-state index contributed by atoms with van der Waals surface area (Å²) >= 11 is 5.79. The fraction of sp³-hybridized carbons (Fsp3) is 0.417. The molecule has 86 valence electrons. The van der Waals surface area contributed by atoms with Gasteiger partial charge in [0, 0.05) is 18.2 Å². The lowest BCUT2D eigenvalue weighted by molar-refractivity contribution is 0.283. The summed E-state index contributed by atoms with van der Waals surface area (Å²) in [7, 11) is 0. The number of rotatable bonds is 6. The highest BCUT2D eigenvalue weighted by Gasteiger charge is 2.01. The number of benzene rings is 1. The van der Waals surface area contributed by atoms with Crippen molar-refractivity contribution < 1.29 is 5.11 Å². The zero-order chi connectivity index (χ0) is 11.8. The van der Waals surface area contributed by atoms with Gasteiger partial charge in [-0.15, -0.1) is 0 Å². The molecule has 0 bridgehead atoms. The van der Waals surface area contributed by atoms with Gasteiger partial charge in [0.1, 0.15) is 6.07 Å². The Morgan fingerprint density at radius 2 is 2.12 bits per heavy atom. The maximum absolute atomic E-state index is 8.90. The Hall–Kier alpha value is -1.24. The molecular weight excluding hydrogens is 224 g/mol. The van der Waals surface area contributed by atoms with Gasteiger partial charge in [-0.05, 0) is 37.5 Å². The number of aliphatic hydroxyl groups excluding tert-OH is 1. The molecule has 4 heteroatoms. The summed E-state index contributed by atoms with van der Waals surface area (Å²) in [6.07, 6.45) is 2.79. The molecule has 1 aromatic rings. The first kappa shape index (κ1) is 12.8. The van der Waals surface area contributed by atoms with Crippen LogP contribution in [-0.4, -0.2) is 18.3 Å². The molecule has 1 rings (SSSR count). The van der Waals surface area contributed by atoms with Crippen molar-refractivity contribution in [3.8, 4) is 6.07 Å². The SMILES string of the molecule is N#Cc1cc(Cl)ccc1NCCCCCO. The number of anilines is 1. The van der Waals surface area contributed by atoms with Gasteiger partial charge < -0.3 is 10.4 Å². The molecule has 0 aliphatic rings. The van der Waals surface area contributed by atoms with E-state index < -0.39 is 0 Å². The van der Waals surface area contributed by atoms with Gasteiger partial charge >= 0.3 is 0 Å². The Morgan fingerprint density at radius 3 is 2.81 bits per heavy atom. The molecule has 0 radical (unpaired) electrons. The number of hydrogen-bond donors (Lipinski definition) is 2. The molecule has 0 saturated heterocycles. The molecule has 0 aliphatic carbocycles. The van der Waals surface area contributed by atoms with Crippen molar-refractivity contribution in [1.29, 1.82) is 5.26 Å². The van der Waals surface area contributed by atoms with E-state index in [0.29, 0.717) is 10.6 Å². The summed E-state index contributed by atoms with van der Waals surface area (Å²) in [6.45, 7) is 1.04. The van der Waals surface area contributed by atoms with Crippen LogP contribution in [0.5, 0.6) is 0 Å². The third kappa shape index (κ3) is 4.09. The second kappa shape index (κ2) is 7.10. The van der Waals surface area contributed by atoms with Gasteiger partial charge in [0.05, 0.1) is 11.3 Å². The number of nitrogens with zero attached hydrogens (tertiary/aromatic N) is 1. The first-order valence-electron chi connectivity index (χ1n) is 5.32. The van der Waals surface area contributed by atoms with Crippen molar-refractivity contribution in [3.05, 3.63) is 28.8 Å². The van der Waals surface area contributed by atoms with Crippen LogP contribution in [0.25, 0.3) is 0 Å². The Labute approximate surface area is 101 Å². The number of nitrogens with one attached hydrogen (secondary N) is 1. The predicted octanol–water partition coefficient (Wildman–Crippen LogP) is 2.79. The Morgan fingerprint density at radius 1 is 1.31 bits per heavy atom. The minimum atomic E-state index is 0.240. The van der Waals surface area contributed by atoms with Gasteiger partial charge in [0.2, 0.25) is 0 Å². The van der Waals surface area contributed by atoms with Crippen LogP contribution in [0.3, 0.4) is 0 Å². The molecule has 0 saturated carbocycles. The van der Waals surface area contributed by atoms with Gasteiger partial charge in [-0.25, -0.2) is 0 Å². The van der Waals surface area contributed by atoms with E-state index in [1.807, 2.05) is 6.07 Å². The normalized spacial score (nSPS) is 9.81. The molecule has 2 N–H and O–H groups in total. The van der Waals surface area contributed by atoms with E-state index in [0.717, 1.165) is 31.5 Å². The summed E-state index contributed by atoms with van der Waals surface area (Å²) in [5.41, 5.74) is 1.38. The van der Waals surface area contributed by atoms with E-state index in [2.05, 4.69) is 11.4 Å². The van der Waals surface area contributed by atoms with Crippen molar-refractivity contribution >= 4 is 17.3 Å². The van der Waals surface area contributed by atoms with Crippen LogP contribution in [0.2, 0.25) is 5.02 Å². The van der Waals surface area contributed by atoms with Gasteiger partial charge in [-0.3, -0.25) is 0 Å². The van der Waals surface area contributed by atoms with Crippen molar-refractivity contribution in [2.75, 3.05) is 18.5 Å². The van der Waals surface area contributed by atoms with Crippen molar-refractivity contribution in [2.24, 2.45) is 0 Å². The minimum Gasteiger partial charge on any atom is -0.396 e. The van der Waals surface area contributed by atoms with Gasteiger partial charge in [0.15, 0.2) is 0 Å². The van der Waals surface area contributed by atoms with Crippen LogP contribution in [0.4, 0.5) is 5.69 Å². The number of hydrogen-bond acceptors (Lipinski definition) is 3. The Balaban J connectivity index is 2.45. The monoisotopic (exact) mass is 238 g/mol. The summed E-state index contributed by atoms with van der Waals surface area (Å²) in [6, 6.07) is 7.33. The van der Waals surface area contributed by atoms with E-state index in [4.69, 9.17) is 22.0 Å². The maximum atomic E-state index is 8.90. The maximum Gasteiger partial charge on any atom is 0.101 e. The average molecular weight is 239 g/mol. The first-order chi connectivity index (χ1) is 7.77. The molecule has 0 heterocycles. The quantitative estimate of drug-likeness (QED) is 0.750. The number of aliphatic hydroxyl groups is 1. The smallest absolute Gasteiger partial charge is 0.101 e. The molecule has 0 fully saturated rings. The Bertz CT molecular complexity index is 374. The zero-order valence-electron chi connectivity index (χ0n) is 9.04. The van der Waals surface area contributed by atoms with Crippen molar-refractivity contribution in [1.82, 2.24) is 0 Å². The van der Waals surface area contributed by atoms with Crippen LogP contribution in [-0.2, 0) is 0 Å². The Kier molecular flexibility index (Phi) is 5.69. The van der Waals surface area contributed by atoms with Crippen LogP contribution in [0.1, 0.15) is 24.8 Å². The lowest BCUT2D eigenvalue weighted by Crippen LogP contribution is -2.03. The highest BCUT2D eigenvalue weighted by molar-refractivity contribution is 6.30. The first-order valence-corrected chi connectivity index (χ1v) is 5.70. The molecule has 16 heavy (non-hydrogen) atoms. The van der Waals surface area contributed by atoms with E-state index in [9.17, 15) is 0 Å². The average Bonchev–Trinajstić information content (AvgIpc) is 2.30. The van der Waals surface area contributed by atoms with E-state index >= 15 is 0 Å². The molecule has 3 nitrogen and oxygen atoms in total. The van der Waals surface area contributed by atoms with Crippen LogP contribution < -0.4 is 5.32 Å². The molecule has 1 aromatic carbocycles. The third-order valence-corrected chi connectivity index (χ3v) is 2.49. The fourth-order valence-corrected chi connectivity index (χ4v) is 1.57. The van der Waals surface area contributed by atoms with E-state index in [1.54, 1.807) is 12.1 Å². The van der Waals surface area contributed by atoms with Crippen LogP contribution in [0.15, 0.2) is 18.2 Å². The second-order valence-electron chi connectivity index (χ2n) is 3.51. The standard InChI is InChI=1S/C12H15ClN2O/c13-11-4-5-12(10(8-11)9-14)15-6-2-1-3-7-16/h4-5,8,15-16H,1-3,6-7H2. The van der Waals surface area contributed by atoms with Gasteiger partial charge in [-0.1, -0.05) is 11.6 Å². The summed E-state index contributed by atoms with van der Waals surface area (Å²) in [4.78, 5) is 0. The summed E-state index contributed by atoms with van der Waals surface area (Å²) < 4.78 is 0. The summed E-state index contributed by atoms with van der Waals surface area (Å²) in [5, 5.41) is 21.3. The molecule has 0 spiro atoms. The van der Waals surface area contributed by atoms with Gasteiger partial charge in [0.25, 0.3) is 0 Å². The highest BCUT2D eigenvalue weighted by Crippen LogP contribution is 2.19. The molecule has 0 atom stereocenters. The number of halogens is 1. The van der Waals surface area contributed by atoms with E-state index in [1.165, 1.54) is 0 Å². The fourth-order valence-electron chi connectivity index (χ4n) is 1.40. The van der Waals surface area contributed by atoms with Crippen LogP contribution >= 0.6 is 11.6 Å². The van der Waals surface area contributed by atoms with Crippen molar-refractivity contribution in [3.63, 3.8) is 0 Å². The van der Waals surface area contributed by atoms with Gasteiger partial charge in [-0.2, -0.15) is 5.26 Å². The zero-order valence-corrected chi connectivity index (χ0v) is 9.80. The lowest BCUT2D eigenvalue weighted by atomic mass is 10.2. The molecule has 0 unspecified atom stereocenters. The number of nitriles is 1. The topological polar surface area (TPSA) is 56.0 Å². The van der Waals surface area contributed by atoms with Crippen molar-refractivity contribution in [2.45, 2.75) is 19.3 Å². The molecule has 0 aliphatic heterocycles. The molecule has 0 aromatic heterocycles. The third-order valence-electron chi connectivity index (χ3n) is 2.25. The largest absolute Gasteiger partial charge is 0.396 e. The predicted molar refractivity (Wildman–Crippen MR) is 65.6 cm³/mol. The van der Waals surface area contributed by atoms with Crippen LogP contribution in [0, 0.1) is 11.3 Å². The highest BCUT2D eigenvalue weighted by atomic mass is 35.5. The number of unbranched alkanes of at least 4 members (excludes halogenated alkanes) is 2. The lowest BCUT2D eigenvalue weighted by Gasteiger charge is -2.07. The summed E-state index contributed by atoms with van der Waals surface area (Å²) in [5.74, 6) is 0. The minimum absolute atomic E-state index is 0.240. The van der Waals surface area contributed by atoms with E-state index in [-0.39, 0.29) is 6.61 Å². The second-order valence-corrected chi connectivity index (χ2v) is 3.95.